The number of nitrogens with one attached hydrogen (secondary N) is 1. The molecule has 0 aliphatic heterocycles. The van der Waals surface area contributed by atoms with Gasteiger partial charge in [-0.05, 0) is 50.8 Å². The highest BCUT2D eigenvalue weighted by Crippen LogP contribution is 2.27. The van der Waals surface area contributed by atoms with E-state index in [9.17, 15) is 8.42 Å². The van der Waals surface area contributed by atoms with Crippen molar-refractivity contribution in [1.29, 1.82) is 0 Å². The fourth-order valence-electron chi connectivity index (χ4n) is 2.06. The molecule has 0 bridgehead atoms. The summed E-state index contributed by atoms with van der Waals surface area (Å²) in [5, 5.41) is 0.508. The molecule has 136 valence electrons. The highest BCUT2D eigenvalue weighted by Gasteiger charge is 2.16. The minimum absolute atomic E-state index is 0.000603. The molecule has 1 N–H and O–H groups in total. The second-order valence-corrected chi connectivity index (χ2v) is 8.40. The molecular weight excluding hydrogens is 383 g/mol. The Hall–Kier alpha value is -1.47. The molecular formula is C17H20Cl2N2O3S. The van der Waals surface area contributed by atoms with Gasteiger partial charge < -0.3 is 9.64 Å². The van der Waals surface area contributed by atoms with Crippen LogP contribution in [0.4, 0.5) is 5.69 Å². The summed E-state index contributed by atoms with van der Waals surface area (Å²) < 4.78 is 33.3. The van der Waals surface area contributed by atoms with Gasteiger partial charge in [0.25, 0.3) is 10.0 Å². The Morgan fingerprint density at radius 2 is 1.72 bits per heavy atom. The summed E-state index contributed by atoms with van der Waals surface area (Å²) >= 11 is 11.8. The number of nitrogens with zero attached hydrogens (tertiary/aromatic N) is 1. The standard InChI is InChI=1S/C17H20Cl2N2O3S/c1-12-4-5-15(11-17(12)24-7-6-21(2)3)20-25(22,23)16-9-13(18)8-14(19)10-16/h4-5,8-11,20H,6-7H2,1-3H3. The molecule has 25 heavy (non-hydrogen) atoms. The van der Waals surface area contributed by atoms with Crippen LogP contribution in [0.3, 0.4) is 0 Å². The van der Waals surface area contributed by atoms with Gasteiger partial charge in [-0.1, -0.05) is 29.3 Å². The van der Waals surface area contributed by atoms with Crippen LogP contribution in [0, 0.1) is 6.92 Å². The zero-order chi connectivity index (χ0) is 18.6. The van der Waals surface area contributed by atoms with Gasteiger partial charge in [-0.25, -0.2) is 8.42 Å². The minimum Gasteiger partial charge on any atom is -0.492 e. The minimum atomic E-state index is -3.80. The van der Waals surface area contributed by atoms with E-state index in [1.807, 2.05) is 25.9 Å². The highest BCUT2D eigenvalue weighted by atomic mass is 35.5. The maximum Gasteiger partial charge on any atom is 0.261 e. The van der Waals surface area contributed by atoms with E-state index in [1.54, 1.807) is 18.2 Å². The molecule has 0 fully saturated rings. The molecule has 0 aliphatic carbocycles. The molecule has 0 heterocycles. The van der Waals surface area contributed by atoms with Crippen molar-refractivity contribution in [3.63, 3.8) is 0 Å². The van der Waals surface area contributed by atoms with Gasteiger partial charge in [0.1, 0.15) is 12.4 Å². The summed E-state index contributed by atoms with van der Waals surface area (Å²) in [6.45, 7) is 3.17. The number of ether oxygens (including phenoxy) is 1. The first-order valence-corrected chi connectivity index (χ1v) is 9.78. The third-order valence-electron chi connectivity index (χ3n) is 3.38. The molecule has 8 heteroatoms. The number of hydrogen-bond acceptors (Lipinski definition) is 4. The number of anilines is 1. The molecule has 0 saturated carbocycles. The second-order valence-electron chi connectivity index (χ2n) is 5.84. The smallest absolute Gasteiger partial charge is 0.261 e. The number of hydrogen-bond donors (Lipinski definition) is 1. The van der Waals surface area contributed by atoms with Crippen LogP contribution in [0.1, 0.15) is 5.56 Å². The Labute approximate surface area is 158 Å². The maximum atomic E-state index is 12.5. The molecule has 0 aromatic heterocycles. The molecule has 0 spiro atoms. The molecule has 2 aromatic carbocycles. The van der Waals surface area contributed by atoms with Crippen molar-refractivity contribution >= 4 is 38.9 Å². The first-order valence-electron chi connectivity index (χ1n) is 7.54. The third-order valence-corrected chi connectivity index (χ3v) is 5.18. The van der Waals surface area contributed by atoms with E-state index >= 15 is 0 Å². The predicted molar refractivity (Wildman–Crippen MR) is 102 cm³/mol. The molecule has 0 atom stereocenters. The van der Waals surface area contributed by atoms with Crippen LogP contribution >= 0.6 is 23.2 Å². The largest absolute Gasteiger partial charge is 0.492 e. The summed E-state index contributed by atoms with van der Waals surface area (Å²) in [5.41, 5.74) is 1.33. The number of aryl methyl sites for hydroxylation is 1. The van der Waals surface area contributed by atoms with Gasteiger partial charge in [0.05, 0.1) is 10.6 Å². The lowest BCUT2D eigenvalue weighted by atomic mass is 10.2. The molecule has 2 aromatic rings. The lowest BCUT2D eigenvalue weighted by Crippen LogP contribution is -2.19. The van der Waals surface area contributed by atoms with Crippen molar-refractivity contribution in [2.45, 2.75) is 11.8 Å². The first kappa shape index (κ1) is 19.8. The third kappa shape index (κ3) is 5.78. The lowest BCUT2D eigenvalue weighted by Gasteiger charge is -2.15. The van der Waals surface area contributed by atoms with Crippen molar-refractivity contribution < 1.29 is 13.2 Å². The van der Waals surface area contributed by atoms with E-state index in [1.165, 1.54) is 18.2 Å². The Morgan fingerprint density at radius 3 is 2.32 bits per heavy atom. The summed E-state index contributed by atoms with van der Waals surface area (Å²) in [7, 11) is 0.106. The van der Waals surface area contributed by atoms with Crippen LogP contribution in [0.5, 0.6) is 5.75 Å². The summed E-state index contributed by atoms with van der Waals surface area (Å²) in [4.78, 5) is 2.01. The van der Waals surface area contributed by atoms with Crippen molar-refractivity contribution in [3.8, 4) is 5.75 Å². The van der Waals surface area contributed by atoms with E-state index in [0.29, 0.717) is 18.0 Å². The summed E-state index contributed by atoms with van der Waals surface area (Å²) in [6.07, 6.45) is 0. The Morgan fingerprint density at radius 1 is 1.08 bits per heavy atom. The predicted octanol–water partition coefficient (Wildman–Crippen LogP) is 4.04. The van der Waals surface area contributed by atoms with Crippen LogP contribution in [-0.2, 0) is 10.0 Å². The van der Waals surface area contributed by atoms with Gasteiger partial charge in [0, 0.05) is 22.7 Å². The molecule has 5 nitrogen and oxygen atoms in total. The van der Waals surface area contributed by atoms with Crippen molar-refractivity contribution in [3.05, 3.63) is 52.0 Å². The van der Waals surface area contributed by atoms with Crippen LogP contribution < -0.4 is 9.46 Å². The number of rotatable bonds is 7. The first-order chi connectivity index (χ1) is 11.7. The van der Waals surface area contributed by atoms with E-state index in [4.69, 9.17) is 27.9 Å². The molecule has 0 amide bonds. The molecule has 0 aliphatic rings. The van der Waals surface area contributed by atoms with E-state index in [2.05, 4.69) is 4.72 Å². The van der Waals surface area contributed by atoms with Crippen LogP contribution in [0.25, 0.3) is 0 Å². The topological polar surface area (TPSA) is 58.6 Å². The number of benzene rings is 2. The number of likely N-dealkylation sites (N-methyl/N-ethyl adjacent to an activating group) is 1. The lowest BCUT2D eigenvalue weighted by molar-refractivity contribution is 0.260. The summed E-state index contributed by atoms with van der Waals surface area (Å²) in [6, 6.07) is 9.31. The fourth-order valence-corrected chi connectivity index (χ4v) is 3.83. The van der Waals surface area contributed by atoms with Crippen molar-refractivity contribution in [1.82, 2.24) is 4.90 Å². The van der Waals surface area contributed by atoms with E-state index in [-0.39, 0.29) is 14.9 Å². The van der Waals surface area contributed by atoms with Gasteiger partial charge in [-0.2, -0.15) is 0 Å². The Kier molecular flexibility index (Phi) is 6.57. The fraction of sp³-hybridized carbons (Fsp3) is 0.294. The van der Waals surface area contributed by atoms with Gasteiger partial charge in [0.15, 0.2) is 0 Å². The van der Waals surface area contributed by atoms with Gasteiger partial charge in [0.2, 0.25) is 0 Å². The quantitative estimate of drug-likeness (QED) is 0.758. The number of halogens is 2. The van der Waals surface area contributed by atoms with Gasteiger partial charge >= 0.3 is 0 Å². The SMILES string of the molecule is Cc1ccc(NS(=O)(=O)c2cc(Cl)cc(Cl)c2)cc1OCCN(C)C. The Bertz CT molecular complexity index is 835. The van der Waals surface area contributed by atoms with E-state index in [0.717, 1.165) is 12.1 Å². The highest BCUT2D eigenvalue weighted by molar-refractivity contribution is 7.92. The normalized spacial score (nSPS) is 11.6. The average molecular weight is 403 g/mol. The monoisotopic (exact) mass is 402 g/mol. The maximum absolute atomic E-state index is 12.5. The van der Waals surface area contributed by atoms with Crippen LogP contribution in [0.15, 0.2) is 41.3 Å². The molecule has 2 rings (SSSR count). The molecule has 0 unspecified atom stereocenters. The van der Waals surface area contributed by atoms with Crippen LogP contribution in [-0.4, -0.2) is 40.6 Å². The van der Waals surface area contributed by atoms with Gasteiger partial charge in [-0.15, -0.1) is 0 Å². The van der Waals surface area contributed by atoms with Gasteiger partial charge in [-0.3, -0.25) is 4.72 Å². The van der Waals surface area contributed by atoms with E-state index < -0.39 is 10.0 Å². The average Bonchev–Trinajstić information content (AvgIpc) is 2.49. The second kappa shape index (κ2) is 8.27. The summed E-state index contributed by atoms with van der Waals surface area (Å²) in [5.74, 6) is 0.631. The zero-order valence-corrected chi connectivity index (χ0v) is 16.5. The van der Waals surface area contributed by atoms with Crippen LogP contribution in [0.2, 0.25) is 10.0 Å². The van der Waals surface area contributed by atoms with Crippen molar-refractivity contribution in [2.24, 2.45) is 0 Å². The number of sulfonamides is 1. The zero-order valence-electron chi connectivity index (χ0n) is 14.2. The van der Waals surface area contributed by atoms with Crippen molar-refractivity contribution in [2.75, 3.05) is 32.0 Å². The molecule has 0 radical (unpaired) electrons. The molecule has 0 saturated heterocycles. The Balaban J connectivity index is 2.21.